The van der Waals surface area contributed by atoms with Gasteiger partial charge in [0.1, 0.15) is 0 Å². The minimum atomic E-state index is -0.838. The number of carbonyl (C=O) groups is 2. The Hall–Kier alpha value is -2.34. The average molecular weight is 358 g/mol. The number of carbonyl (C=O) groups excluding carboxylic acids is 1. The van der Waals surface area contributed by atoms with E-state index in [4.69, 9.17) is 4.74 Å². The van der Waals surface area contributed by atoms with E-state index in [-0.39, 0.29) is 5.91 Å². The van der Waals surface area contributed by atoms with Crippen LogP contribution < -0.4 is 5.32 Å². The highest BCUT2D eigenvalue weighted by Gasteiger charge is 2.42. The van der Waals surface area contributed by atoms with E-state index in [0.29, 0.717) is 31.6 Å². The fourth-order valence-corrected chi connectivity index (χ4v) is 4.01. The molecule has 0 saturated heterocycles. The van der Waals surface area contributed by atoms with Gasteiger partial charge in [0.2, 0.25) is 0 Å². The van der Waals surface area contributed by atoms with Crippen LogP contribution in [-0.2, 0) is 16.1 Å². The lowest BCUT2D eigenvalue weighted by atomic mass is 9.73. The van der Waals surface area contributed by atoms with Gasteiger partial charge in [-0.1, -0.05) is 31.0 Å². The van der Waals surface area contributed by atoms with E-state index in [2.05, 4.69) is 5.32 Å². The molecule has 1 aliphatic rings. The van der Waals surface area contributed by atoms with Gasteiger partial charge in [-0.2, -0.15) is 0 Å². The number of ether oxygens (including phenoxy) is 1. The smallest absolute Gasteiger partial charge is 0.308 e. The summed E-state index contributed by atoms with van der Waals surface area (Å²) in [6.07, 6.45) is 4.93. The first-order valence-electron chi connectivity index (χ1n) is 9.08. The summed E-state index contributed by atoms with van der Waals surface area (Å²) < 4.78 is 7.16. The molecule has 1 aliphatic carbocycles. The topological polar surface area (TPSA) is 80.6 Å². The van der Waals surface area contributed by atoms with Crippen molar-refractivity contribution in [1.82, 2.24) is 9.88 Å². The number of aliphatic carboxylic acids is 1. The van der Waals surface area contributed by atoms with Crippen LogP contribution in [0.1, 0.15) is 43.0 Å². The van der Waals surface area contributed by atoms with E-state index in [9.17, 15) is 14.7 Å². The van der Waals surface area contributed by atoms with Crippen molar-refractivity contribution >= 4 is 22.8 Å². The van der Waals surface area contributed by atoms with E-state index in [1.54, 1.807) is 7.11 Å². The second-order valence-electron chi connectivity index (χ2n) is 7.25. The van der Waals surface area contributed by atoms with E-state index in [1.165, 1.54) is 0 Å². The largest absolute Gasteiger partial charge is 0.481 e. The second kappa shape index (κ2) is 7.50. The standard InChI is InChI=1S/C20H26N2O4/c1-20(10-6-5-8-16(20)19(24)25)21-18(23)15-13-22(11-12-26-2)17-9-4-3-7-14(15)17/h3-4,7,9,13,16H,5-6,8,10-12H2,1-2H3,(H,21,23)(H,24,25). The molecule has 1 heterocycles. The van der Waals surface area contributed by atoms with Gasteiger partial charge >= 0.3 is 5.97 Å². The van der Waals surface area contributed by atoms with Crippen LogP contribution in [0, 0.1) is 5.92 Å². The SMILES string of the molecule is COCCn1cc(C(=O)NC2(C)CCCCC2C(=O)O)c2ccccc21. The minimum Gasteiger partial charge on any atom is -0.481 e. The monoisotopic (exact) mass is 358 g/mol. The van der Waals surface area contributed by atoms with Crippen molar-refractivity contribution in [1.29, 1.82) is 0 Å². The predicted molar refractivity (Wildman–Crippen MR) is 99.3 cm³/mol. The fourth-order valence-electron chi connectivity index (χ4n) is 4.01. The number of fused-ring (bicyclic) bond motifs is 1. The molecule has 140 valence electrons. The molecule has 1 fully saturated rings. The molecule has 2 atom stereocenters. The molecule has 26 heavy (non-hydrogen) atoms. The highest BCUT2D eigenvalue weighted by molar-refractivity contribution is 6.07. The number of nitrogens with one attached hydrogen (secondary N) is 1. The normalized spacial score (nSPS) is 23.1. The maximum atomic E-state index is 13.0. The van der Waals surface area contributed by atoms with Crippen molar-refractivity contribution in [2.24, 2.45) is 5.92 Å². The zero-order valence-corrected chi connectivity index (χ0v) is 15.3. The van der Waals surface area contributed by atoms with Crippen LogP contribution in [0.25, 0.3) is 10.9 Å². The number of methoxy groups -OCH3 is 1. The molecular formula is C20H26N2O4. The number of hydrogen-bond acceptors (Lipinski definition) is 3. The van der Waals surface area contributed by atoms with Gasteiger partial charge in [0.05, 0.1) is 23.6 Å². The Morgan fingerprint density at radius 1 is 1.35 bits per heavy atom. The maximum Gasteiger partial charge on any atom is 0.308 e. The fraction of sp³-hybridized carbons (Fsp3) is 0.500. The van der Waals surface area contributed by atoms with Gasteiger partial charge in [0, 0.05) is 30.8 Å². The molecule has 1 amide bonds. The van der Waals surface area contributed by atoms with Crippen molar-refractivity contribution in [2.75, 3.05) is 13.7 Å². The lowest BCUT2D eigenvalue weighted by Gasteiger charge is -2.39. The number of para-hydroxylation sites is 1. The van der Waals surface area contributed by atoms with Crippen LogP contribution in [0.3, 0.4) is 0 Å². The number of benzene rings is 1. The zero-order chi connectivity index (χ0) is 18.7. The van der Waals surface area contributed by atoms with Crippen molar-refractivity contribution in [3.63, 3.8) is 0 Å². The van der Waals surface area contributed by atoms with Crippen LogP contribution >= 0.6 is 0 Å². The molecule has 1 aromatic carbocycles. The highest BCUT2D eigenvalue weighted by atomic mass is 16.5. The number of rotatable bonds is 6. The van der Waals surface area contributed by atoms with Gasteiger partial charge in [-0.3, -0.25) is 9.59 Å². The molecule has 2 unspecified atom stereocenters. The van der Waals surface area contributed by atoms with Crippen LogP contribution in [-0.4, -0.2) is 40.8 Å². The molecule has 2 aromatic rings. The molecule has 0 bridgehead atoms. The highest BCUT2D eigenvalue weighted by Crippen LogP contribution is 2.34. The number of amides is 1. The Labute approximate surface area is 153 Å². The molecular weight excluding hydrogens is 332 g/mol. The third-order valence-electron chi connectivity index (χ3n) is 5.47. The summed E-state index contributed by atoms with van der Waals surface area (Å²) in [4.78, 5) is 24.7. The van der Waals surface area contributed by atoms with Crippen LogP contribution in [0.2, 0.25) is 0 Å². The van der Waals surface area contributed by atoms with Gasteiger partial charge in [-0.05, 0) is 25.8 Å². The molecule has 0 aliphatic heterocycles. The summed E-state index contributed by atoms with van der Waals surface area (Å²) >= 11 is 0. The Balaban J connectivity index is 1.91. The summed E-state index contributed by atoms with van der Waals surface area (Å²) in [5, 5.41) is 13.5. The van der Waals surface area contributed by atoms with Gasteiger partial charge in [-0.25, -0.2) is 0 Å². The Bertz CT molecular complexity index is 813. The van der Waals surface area contributed by atoms with E-state index >= 15 is 0 Å². The van der Waals surface area contributed by atoms with Crippen molar-refractivity contribution in [2.45, 2.75) is 44.7 Å². The number of aromatic nitrogens is 1. The average Bonchev–Trinajstić information content (AvgIpc) is 2.98. The van der Waals surface area contributed by atoms with Gasteiger partial charge in [0.25, 0.3) is 5.91 Å². The maximum absolute atomic E-state index is 13.0. The van der Waals surface area contributed by atoms with Crippen LogP contribution in [0.4, 0.5) is 0 Å². The molecule has 0 spiro atoms. The van der Waals surface area contributed by atoms with Gasteiger partial charge < -0.3 is 19.7 Å². The third kappa shape index (κ3) is 3.46. The number of nitrogens with zero attached hydrogens (tertiary/aromatic N) is 1. The molecule has 6 heteroatoms. The lowest BCUT2D eigenvalue weighted by molar-refractivity contribution is -0.145. The van der Waals surface area contributed by atoms with Crippen molar-refractivity contribution in [3.8, 4) is 0 Å². The summed E-state index contributed by atoms with van der Waals surface area (Å²) in [6, 6.07) is 7.74. The molecule has 6 nitrogen and oxygen atoms in total. The minimum absolute atomic E-state index is 0.215. The molecule has 1 aromatic heterocycles. The quantitative estimate of drug-likeness (QED) is 0.832. The van der Waals surface area contributed by atoms with Crippen molar-refractivity contribution in [3.05, 3.63) is 36.0 Å². The van der Waals surface area contributed by atoms with E-state index in [1.807, 2.05) is 42.0 Å². The first-order chi connectivity index (χ1) is 12.5. The summed E-state index contributed by atoms with van der Waals surface area (Å²) in [7, 11) is 1.65. The number of hydrogen-bond donors (Lipinski definition) is 2. The Kier molecular flexibility index (Phi) is 5.32. The number of carboxylic acid groups (broad SMARTS) is 1. The summed E-state index contributed by atoms with van der Waals surface area (Å²) in [5.74, 6) is -1.61. The zero-order valence-electron chi connectivity index (χ0n) is 15.3. The molecule has 0 radical (unpaired) electrons. The lowest BCUT2D eigenvalue weighted by Crippen LogP contribution is -2.55. The third-order valence-corrected chi connectivity index (χ3v) is 5.47. The predicted octanol–water partition coefficient (Wildman–Crippen LogP) is 3.05. The van der Waals surface area contributed by atoms with E-state index < -0.39 is 17.4 Å². The number of carboxylic acids is 1. The summed E-state index contributed by atoms with van der Waals surface area (Å²) in [5.41, 5.74) is 0.822. The van der Waals surface area contributed by atoms with Crippen molar-refractivity contribution < 1.29 is 19.4 Å². The Morgan fingerprint density at radius 3 is 2.85 bits per heavy atom. The van der Waals surface area contributed by atoms with Crippen LogP contribution in [0.5, 0.6) is 0 Å². The van der Waals surface area contributed by atoms with Crippen LogP contribution in [0.15, 0.2) is 30.5 Å². The van der Waals surface area contributed by atoms with Gasteiger partial charge in [-0.15, -0.1) is 0 Å². The molecule has 3 rings (SSSR count). The molecule has 1 saturated carbocycles. The first kappa shape index (κ1) is 18.5. The second-order valence-corrected chi connectivity index (χ2v) is 7.25. The molecule has 2 N–H and O–H groups in total. The summed E-state index contributed by atoms with van der Waals surface area (Å²) in [6.45, 7) is 3.06. The van der Waals surface area contributed by atoms with Gasteiger partial charge in [0.15, 0.2) is 0 Å². The first-order valence-corrected chi connectivity index (χ1v) is 9.08. The Morgan fingerprint density at radius 2 is 2.12 bits per heavy atom. The van der Waals surface area contributed by atoms with E-state index in [0.717, 1.165) is 23.7 Å².